The summed E-state index contributed by atoms with van der Waals surface area (Å²) in [5, 5.41) is 0. The van der Waals surface area contributed by atoms with Crippen LogP contribution in [0.1, 0.15) is 18.1 Å². The van der Waals surface area contributed by atoms with Gasteiger partial charge in [-0.15, -0.1) is 13.2 Å². The lowest BCUT2D eigenvalue weighted by atomic mass is 9.95. The second-order valence-corrected chi connectivity index (χ2v) is 4.20. The van der Waals surface area contributed by atoms with Crippen molar-refractivity contribution in [2.24, 2.45) is 11.7 Å². The molecule has 0 radical (unpaired) electrons. The highest BCUT2D eigenvalue weighted by atomic mass is 19.4. The van der Waals surface area contributed by atoms with Gasteiger partial charge in [-0.1, -0.05) is 12.1 Å². The van der Waals surface area contributed by atoms with Crippen molar-refractivity contribution >= 4 is 0 Å². The highest BCUT2D eigenvalue weighted by Gasteiger charge is 2.32. The predicted octanol–water partition coefficient (Wildman–Crippen LogP) is 2.62. The van der Waals surface area contributed by atoms with E-state index in [1.165, 1.54) is 18.2 Å². The fourth-order valence-electron chi connectivity index (χ4n) is 2.13. The standard InChI is InChI=1S/C12H14F3NO2/c13-12(14,15)18-10-3-1-2-8(6-10)11-9(7-16)4-5-17-11/h1-3,6,9,11H,4-5,7,16H2. The molecule has 100 valence electrons. The van der Waals surface area contributed by atoms with Gasteiger partial charge in [-0.3, -0.25) is 0 Å². The monoisotopic (exact) mass is 261 g/mol. The molecule has 1 aromatic rings. The molecule has 3 nitrogen and oxygen atoms in total. The Balaban J connectivity index is 2.16. The topological polar surface area (TPSA) is 44.5 Å². The summed E-state index contributed by atoms with van der Waals surface area (Å²) in [6.45, 7) is 1.03. The van der Waals surface area contributed by atoms with Crippen LogP contribution < -0.4 is 10.5 Å². The van der Waals surface area contributed by atoms with Gasteiger partial charge in [0.2, 0.25) is 0 Å². The maximum Gasteiger partial charge on any atom is 0.573 e. The fourth-order valence-corrected chi connectivity index (χ4v) is 2.13. The van der Waals surface area contributed by atoms with Gasteiger partial charge in [-0.2, -0.15) is 0 Å². The number of hydrogen-bond donors (Lipinski definition) is 1. The molecule has 0 spiro atoms. The zero-order valence-electron chi connectivity index (χ0n) is 9.61. The molecule has 0 aliphatic carbocycles. The summed E-state index contributed by atoms with van der Waals surface area (Å²) >= 11 is 0. The second kappa shape index (κ2) is 5.16. The van der Waals surface area contributed by atoms with Crippen LogP contribution in [-0.2, 0) is 4.74 Å². The number of alkyl halides is 3. The summed E-state index contributed by atoms with van der Waals surface area (Å²) in [6.07, 6.45) is -4.10. The van der Waals surface area contributed by atoms with Gasteiger partial charge in [0.1, 0.15) is 5.75 Å². The van der Waals surface area contributed by atoms with Gasteiger partial charge >= 0.3 is 6.36 Å². The molecule has 1 aliphatic rings. The van der Waals surface area contributed by atoms with Gasteiger partial charge in [0.25, 0.3) is 0 Å². The third-order valence-corrected chi connectivity index (χ3v) is 2.94. The van der Waals surface area contributed by atoms with E-state index >= 15 is 0 Å². The molecule has 1 fully saturated rings. The summed E-state index contributed by atoms with van der Waals surface area (Å²) in [6, 6.07) is 5.86. The van der Waals surface area contributed by atoms with Gasteiger partial charge in [0.05, 0.1) is 6.10 Å². The van der Waals surface area contributed by atoms with E-state index in [1.807, 2.05) is 0 Å². The molecule has 1 heterocycles. The third kappa shape index (κ3) is 3.14. The van der Waals surface area contributed by atoms with E-state index in [-0.39, 0.29) is 17.8 Å². The first kappa shape index (κ1) is 13.2. The van der Waals surface area contributed by atoms with E-state index in [9.17, 15) is 13.2 Å². The van der Waals surface area contributed by atoms with Crippen molar-refractivity contribution in [3.8, 4) is 5.75 Å². The largest absolute Gasteiger partial charge is 0.573 e. The van der Waals surface area contributed by atoms with Crippen LogP contribution in [0, 0.1) is 5.92 Å². The number of ether oxygens (including phenoxy) is 2. The lowest BCUT2D eigenvalue weighted by Crippen LogP contribution is -2.19. The summed E-state index contributed by atoms with van der Waals surface area (Å²) in [4.78, 5) is 0. The molecule has 2 atom stereocenters. The highest BCUT2D eigenvalue weighted by molar-refractivity contribution is 5.30. The molecule has 1 saturated heterocycles. The second-order valence-electron chi connectivity index (χ2n) is 4.20. The molecule has 2 rings (SSSR count). The molecule has 0 bridgehead atoms. The van der Waals surface area contributed by atoms with Crippen molar-refractivity contribution in [2.45, 2.75) is 18.9 Å². The molecule has 0 amide bonds. The Morgan fingerprint density at radius 2 is 2.17 bits per heavy atom. The molecule has 6 heteroatoms. The first-order valence-electron chi connectivity index (χ1n) is 5.67. The Kier molecular flexibility index (Phi) is 3.77. The number of nitrogens with two attached hydrogens (primary N) is 1. The molecule has 2 unspecified atom stereocenters. The van der Waals surface area contributed by atoms with E-state index in [0.717, 1.165) is 6.42 Å². The Labute approximate surface area is 103 Å². The summed E-state index contributed by atoms with van der Waals surface area (Å²) in [7, 11) is 0. The van der Waals surface area contributed by atoms with E-state index in [1.54, 1.807) is 6.07 Å². The van der Waals surface area contributed by atoms with Crippen LogP contribution in [0.15, 0.2) is 24.3 Å². The van der Waals surface area contributed by atoms with Crippen LogP contribution in [0.3, 0.4) is 0 Å². The molecule has 1 aromatic carbocycles. The Bertz CT molecular complexity index is 409. The van der Waals surface area contributed by atoms with Gasteiger partial charge in [0.15, 0.2) is 0 Å². The van der Waals surface area contributed by atoms with Gasteiger partial charge in [-0.05, 0) is 30.7 Å². The van der Waals surface area contributed by atoms with Crippen LogP contribution in [0.2, 0.25) is 0 Å². The van der Waals surface area contributed by atoms with E-state index < -0.39 is 6.36 Å². The number of benzene rings is 1. The fraction of sp³-hybridized carbons (Fsp3) is 0.500. The van der Waals surface area contributed by atoms with Crippen LogP contribution in [0.5, 0.6) is 5.75 Å². The van der Waals surface area contributed by atoms with Crippen molar-refractivity contribution in [3.63, 3.8) is 0 Å². The van der Waals surface area contributed by atoms with Crippen molar-refractivity contribution in [3.05, 3.63) is 29.8 Å². The normalized spacial score (nSPS) is 24.2. The maximum absolute atomic E-state index is 12.1. The molecular weight excluding hydrogens is 247 g/mol. The van der Waals surface area contributed by atoms with E-state index in [2.05, 4.69) is 4.74 Å². The molecule has 0 aromatic heterocycles. The van der Waals surface area contributed by atoms with Crippen LogP contribution >= 0.6 is 0 Å². The number of halogens is 3. The summed E-state index contributed by atoms with van der Waals surface area (Å²) in [5.41, 5.74) is 6.28. The average Bonchev–Trinajstić information content (AvgIpc) is 2.75. The van der Waals surface area contributed by atoms with Gasteiger partial charge in [0, 0.05) is 12.5 Å². The quantitative estimate of drug-likeness (QED) is 0.909. The van der Waals surface area contributed by atoms with Crippen molar-refractivity contribution in [1.29, 1.82) is 0 Å². The summed E-state index contributed by atoms with van der Waals surface area (Å²) < 4.78 is 45.8. The first-order valence-corrected chi connectivity index (χ1v) is 5.67. The average molecular weight is 261 g/mol. The smallest absolute Gasteiger partial charge is 0.406 e. The minimum atomic E-state index is -4.68. The van der Waals surface area contributed by atoms with Gasteiger partial charge in [-0.25, -0.2) is 0 Å². The summed E-state index contributed by atoms with van der Waals surface area (Å²) in [5.74, 6) is -0.0857. The minimum absolute atomic E-state index is 0.145. The highest BCUT2D eigenvalue weighted by Crippen LogP contribution is 2.35. The number of hydrogen-bond acceptors (Lipinski definition) is 3. The lowest BCUT2D eigenvalue weighted by Gasteiger charge is -2.18. The Morgan fingerprint density at radius 1 is 1.39 bits per heavy atom. The van der Waals surface area contributed by atoms with Gasteiger partial charge < -0.3 is 15.2 Å². The van der Waals surface area contributed by atoms with E-state index in [4.69, 9.17) is 10.5 Å². The molecule has 18 heavy (non-hydrogen) atoms. The molecular formula is C12H14F3NO2. The SMILES string of the molecule is NCC1CCOC1c1cccc(OC(F)(F)F)c1. The van der Waals surface area contributed by atoms with Crippen molar-refractivity contribution in [1.82, 2.24) is 0 Å². The molecule has 2 N–H and O–H groups in total. The predicted molar refractivity (Wildman–Crippen MR) is 59.0 cm³/mol. The Hall–Kier alpha value is -1.27. The van der Waals surface area contributed by atoms with Crippen LogP contribution in [0.4, 0.5) is 13.2 Å². The molecule has 1 aliphatic heterocycles. The van der Waals surface area contributed by atoms with E-state index in [0.29, 0.717) is 18.7 Å². The van der Waals surface area contributed by atoms with Crippen molar-refractivity contribution < 1.29 is 22.6 Å². The first-order chi connectivity index (χ1) is 8.49. The zero-order chi connectivity index (χ0) is 13.2. The van der Waals surface area contributed by atoms with Crippen molar-refractivity contribution in [2.75, 3.05) is 13.2 Å². The van der Waals surface area contributed by atoms with Crippen LogP contribution in [0.25, 0.3) is 0 Å². The Morgan fingerprint density at radius 3 is 2.83 bits per heavy atom. The molecule has 0 saturated carbocycles. The number of rotatable bonds is 3. The van der Waals surface area contributed by atoms with Crippen LogP contribution in [-0.4, -0.2) is 19.5 Å². The third-order valence-electron chi connectivity index (χ3n) is 2.94. The lowest BCUT2D eigenvalue weighted by molar-refractivity contribution is -0.274. The maximum atomic E-state index is 12.1. The zero-order valence-corrected chi connectivity index (χ0v) is 9.61. The minimum Gasteiger partial charge on any atom is -0.406 e.